The fourth-order valence-electron chi connectivity index (χ4n) is 1.15. The van der Waals surface area contributed by atoms with Gasteiger partial charge in [-0.1, -0.05) is 22.0 Å². The first-order valence-corrected chi connectivity index (χ1v) is 5.83. The number of ether oxygens (including phenoxy) is 2. The summed E-state index contributed by atoms with van der Waals surface area (Å²) in [4.78, 5) is 11.0. The van der Waals surface area contributed by atoms with Crippen molar-refractivity contribution in [1.29, 1.82) is 0 Å². The fourth-order valence-corrected chi connectivity index (χ4v) is 1.31. The van der Waals surface area contributed by atoms with Gasteiger partial charge in [0.15, 0.2) is 0 Å². The molecule has 0 aliphatic carbocycles. The number of carbonyl (C=O) groups is 1. The zero-order valence-corrected chi connectivity index (χ0v) is 10.4. The van der Waals surface area contributed by atoms with E-state index in [9.17, 15) is 9.18 Å². The Labute approximate surface area is 102 Å². The molecular weight excluding hydrogens is 279 g/mol. The lowest BCUT2D eigenvalue weighted by molar-refractivity contribution is -0.139. The highest BCUT2D eigenvalue weighted by molar-refractivity contribution is 9.09. The minimum atomic E-state index is -0.465. The van der Waals surface area contributed by atoms with E-state index in [4.69, 9.17) is 4.74 Å². The number of carbonyl (C=O) groups excluding carboxylic acids is 1. The zero-order valence-electron chi connectivity index (χ0n) is 8.83. The first kappa shape index (κ1) is 13.0. The van der Waals surface area contributed by atoms with Gasteiger partial charge < -0.3 is 9.47 Å². The maximum Gasteiger partial charge on any atom is 0.310 e. The van der Waals surface area contributed by atoms with E-state index in [2.05, 4.69) is 20.7 Å². The van der Waals surface area contributed by atoms with Crippen LogP contribution in [0.4, 0.5) is 4.39 Å². The molecule has 16 heavy (non-hydrogen) atoms. The average Bonchev–Trinajstić information content (AvgIpc) is 2.29. The number of benzene rings is 1. The van der Waals surface area contributed by atoms with Crippen molar-refractivity contribution in [3.05, 3.63) is 29.6 Å². The highest BCUT2D eigenvalue weighted by atomic mass is 79.9. The number of rotatable bonds is 5. The third-order valence-corrected chi connectivity index (χ3v) is 2.26. The Bertz CT molecular complexity index is 368. The van der Waals surface area contributed by atoms with Crippen LogP contribution in [0.1, 0.15) is 5.56 Å². The second-order valence-corrected chi connectivity index (χ2v) is 3.84. The molecule has 88 valence electrons. The molecule has 1 aromatic carbocycles. The number of halogens is 2. The number of alkyl halides is 1. The molecule has 0 amide bonds. The van der Waals surface area contributed by atoms with Crippen LogP contribution >= 0.6 is 15.9 Å². The smallest absolute Gasteiger partial charge is 0.310 e. The normalized spacial score (nSPS) is 9.94. The Balaban J connectivity index is 2.71. The summed E-state index contributed by atoms with van der Waals surface area (Å²) in [6, 6.07) is 4.42. The largest absolute Gasteiger partial charge is 0.493 e. The summed E-state index contributed by atoms with van der Waals surface area (Å²) >= 11 is 3.20. The highest BCUT2D eigenvalue weighted by Gasteiger charge is 2.09. The molecule has 0 aliphatic heterocycles. The molecule has 3 nitrogen and oxygen atoms in total. The molecule has 0 spiro atoms. The first-order valence-electron chi connectivity index (χ1n) is 4.71. The number of hydrogen-bond acceptors (Lipinski definition) is 3. The van der Waals surface area contributed by atoms with Crippen molar-refractivity contribution in [1.82, 2.24) is 0 Å². The predicted octanol–water partition coefficient (Wildman–Crippen LogP) is 2.31. The van der Waals surface area contributed by atoms with Crippen molar-refractivity contribution in [2.45, 2.75) is 6.42 Å². The lowest BCUT2D eigenvalue weighted by Gasteiger charge is -2.06. The molecule has 0 N–H and O–H groups in total. The van der Waals surface area contributed by atoms with Gasteiger partial charge in [0, 0.05) is 11.4 Å². The predicted molar refractivity (Wildman–Crippen MR) is 61.4 cm³/mol. The molecule has 0 atom stereocenters. The lowest BCUT2D eigenvalue weighted by Crippen LogP contribution is -2.06. The van der Waals surface area contributed by atoms with Crippen molar-refractivity contribution in [2.75, 3.05) is 19.0 Å². The standard InChI is InChI=1S/C11H12BrFO3/c1-15-11(14)6-8-2-3-9(7-10(8)13)16-5-4-12/h2-3,7H,4-6H2,1H3. The molecule has 0 saturated carbocycles. The zero-order chi connectivity index (χ0) is 12.0. The van der Waals surface area contributed by atoms with Crippen LogP contribution in [0.3, 0.4) is 0 Å². The molecule has 0 radical (unpaired) electrons. The van der Waals surface area contributed by atoms with E-state index in [0.29, 0.717) is 23.2 Å². The van der Waals surface area contributed by atoms with E-state index in [1.54, 1.807) is 6.07 Å². The molecular formula is C11H12BrFO3. The van der Waals surface area contributed by atoms with Gasteiger partial charge in [-0.25, -0.2) is 4.39 Å². The van der Waals surface area contributed by atoms with Crippen LogP contribution in [-0.4, -0.2) is 25.0 Å². The Hall–Kier alpha value is -1.10. The molecule has 5 heteroatoms. The SMILES string of the molecule is COC(=O)Cc1ccc(OCCBr)cc1F. The molecule has 0 aliphatic rings. The van der Waals surface area contributed by atoms with Crippen LogP contribution in [-0.2, 0) is 16.0 Å². The van der Waals surface area contributed by atoms with E-state index in [1.807, 2.05) is 0 Å². The Kier molecular flexibility index (Phi) is 5.25. The average molecular weight is 291 g/mol. The highest BCUT2D eigenvalue weighted by Crippen LogP contribution is 2.17. The van der Waals surface area contributed by atoms with Crippen LogP contribution in [0.5, 0.6) is 5.75 Å². The summed E-state index contributed by atoms with van der Waals surface area (Å²) in [5.41, 5.74) is 0.304. The van der Waals surface area contributed by atoms with Gasteiger partial charge >= 0.3 is 5.97 Å². The summed E-state index contributed by atoms with van der Waals surface area (Å²) in [5, 5.41) is 0.679. The van der Waals surface area contributed by atoms with Crippen molar-refractivity contribution < 1.29 is 18.7 Å². The lowest BCUT2D eigenvalue weighted by atomic mass is 10.1. The van der Waals surface area contributed by atoms with Gasteiger partial charge in [0.1, 0.15) is 11.6 Å². The van der Waals surface area contributed by atoms with Gasteiger partial charge in [-0.05, 0) is 11.6 Å². The number of methoxy groups -OCH3 is 1. The van der Waals surface area contributed by atoms with Gasteiger partial charge in [-0.15, -0.1) is 0 Å². The van der Waals surface area contributed by atoms with Crippen molar-refractivity contribution in [2.24, 2.45) is 0 Å². The van der Waals surface area contributed by atoms with Gasteiger partial charge in [-0.3, -0.25) is 4.79 Å². The van der Waals surface area contributed by atoms with Gasteiger partial charge in [0.25, 0.3) is 0 Å². The minimum absolute atomic E-state index is 0.0684. The van der Waals surface area contributed by atoms with Gasteiger partial charge in [0.05, 0.1) is 20.1 Å². The molecule has 0 unspecified atom stereocenters. The topological polar surface area (TPSA) is 35.5 Å². The van der Waals surface area contributed by atoms with Gasteiger partial charge in [-0.2, -0.15) is 0 Å². The van der Waals surface area contributed by atoms with Crippen LogP contribution in [0.25, 0.3) is 0 Å². The van der Waals surface area contributed by atoms with Crippen LogP contribution in [0.15, 0.2) is 18.2 Å². The number of esters is 1. The Morgan fingerprint density at radius 2 is 2.25 bits per heavy atom. The molecule has 0 aromatic heterocycles. The molecule has 0 saturated heterocycles. The van der Waals surface area contributed by atoms with Crippen molar-refractivity contribution in [3.8, 4) is 5.75 Å². The second kappa shape index (κ2) is 6.48. The first-order chi connectivity index (χ1) is 7.67. The summed E-state index contributed by atoms with van der Waals surface area (Å²) in [6.45, 7) is 0.468. The van der Waals surface area contributed by atoms with E-state index in [0.717, 1.165) is 0 Å². The van der Waals surface area contributed by atoms with Gasteiger partial charge in [0.2, 0.25) is 0 Å². The summed E-state index contributed by atoms with van der Waals surface area (Å²) in [5.74, 6) is -0.476. The maximum atomic E-state index is 13.5. The molecule has 0 bridgehead atoms. The van der Waals surface area contributed by atoms with Crippen molar-refractivity contribution in [3.63, 3.8) is 0 Å². The minimum Gasteiger partial charge on any atom is -0.493 e. The van der Waals surface area contributed by atoms with Crippen LogP contribution in [0.2, 0.25) is 0 Å². The molecule has 0 heterocycles. The molecule has 0 fully saturated rings. The molecule has 1 rings (SSSR count). The molecule has 1 aromatic rings. The summed E-state index contributed by atoms with van der Waals surface area (Å²) in [6.07, 6.45) is -0.0684. The van der Waals surface area contributed by atoms with E-state index in [-0.39, 0.29) is 6.42 Å². The van der Waals surface area contributed by atoms with Crippen LogP contribution in [0, 0.1) is 5.82 Å². The maximum absolute atomic E-state index is 13.5. The monoisotopic (exact) mass is 290 g/mol. The van der Waals surface area contributed by atoms with Crippen molar-refractivity contribution >= 4 is 21.9 Å². The van der Waals surface area contributed by atoms with E-state index < -0.39 is 11.8 Å². The second-order valence-electron chi connectivity index (χ2n) is 3.04. The van der Waals surface area contributed by atoms with E-state index in [1.165, 1.54) is 19.2 Å². The third kappa shape index (κ3) is 3.81. The fraction of sp³-hybridized carbons (Fsp3) is 0.364. The quantitative estimate of drug-likeness (QED) is 0.617. The Morgan fingerprint density at radius 3 is 2.81 bits per heavy atom. The van der Waals surface area contributed by atoms with Crippen LogP contribution < -0.4 is 4.74 Å². The third-order valence-electron chi connectivity index (χ3n) is 1.93. The summed E-state index contributed by atoms with van der Waals surface area (Å²) < 4.78 is 23.2. The summed E-state index contributed by atoms with van der Waals surface area (Å²) in [7, 11) is 1.27. The number of hydrogen-bond donors (Lipinski definition) is 0. The Morgan fingerprint density at radius 1 is 1.50 bits per heavy atom. The van der Waals surface area contributed by atoms with E-state index >= 15 is 0 Å².